The van der Waals surface area contributed by atoms with E-state index in [4.69, 9.17) is 4.74 Å². The van der Waals surface area contributed by atoms with Crippen LogP contribution < -0.4 is 5.32 Å². The van der Waals surface area contributed by atoms with Crippen LogP contribution in [0, 0.1) is 5.92 Å². The molecular weight excluding hydrogens is 242 g/mol. The van der Waals surface area contributed by atoms with Crippen LogP contribution in [0.5, 0.6) is 0 Å². The van der Waals surface area contributed by atoms with Crippen molar-refractivity contribution in [3.8, 4) is 0 Å². The Morgan fingerprint density at radius 2 is 2.00 bits per heavy atom. The standard InChI is InChI=1S/C15H17NO3/c1-11(17)16-14-8-7-12(9-14)10-19-15(18)13-5-3-2-4-6-13/h2-8,12,14H,9-10H2,1H3,(H,16,17)/t12-,14+/m1/s1. The number of hydrogen-bond acceptors (Lipinski definition) is 3. The third kappa shape index (κ3) is 3.95. The molecule has 1 amide bonds. The van der Waals surface area contributed by atoms with Crippen LogP contribution in [0.1, 0.15) is 23.7 Å². The summed E-state index contributed by atoms with van der Waals surface area (Å²) in [7, 11) is 0. The average Bonchev–Trinajstić information content (AvgIpc) is 2.84. The van der Waals surface area contributed by atoms with Crippen molar-refractivity contribution >= 4 is 11.9 Å². The lowest BCUT2D eigenvalue weighted by Crippen LogP contribution is -2.30. The van der Waals surface area contributed by atoms with E-state index in [-0.39, 0.29) is 23.8 Å². The summed E-state index contributed by atoms with van der Waals surface area (Å²) in [5.74, 6) is -0.182. The molecule has 0 radical (unpaired) electrons. The molecule has 1 aliphatic rings. The van der Waals surface area contributed by atoms with Crippen molar-refractivity contribution in [1.82, 2.24) is 5.32 Å². The highest BCUT2D eigenvalue weighted by Gasteiger charge is 2.20. The molecule has 2 rings (SSSR count). The molecule has 0 saturated heterocycles. The second-order valence-electron chi connectivity index (χ2n) is 4.65. The quantitative estimate of drug-likeness (QED) is 0.664. The van der Waals surface area contributed by atoms with E-state index < -0.39 is 0 Å². The van der Waals surface area contributed by atoms with E-state index in [1.165, 1.54) is 6.92 Å². The van der Waals surface area contributed by atoms with Gasteiger partial charge in [0.2, 0.25) is 5.91 Å². The van der Waals surface area contributed by atoms with Crippen molar-refractivity contribution < 1.29 is 14.3 Å². The van der Waals surface area contributed by atoms with Crippen LogP contribution in [0.2, 0.25) is 0 Å². The van der Waals surface area contributed by atoms with E-state index in [2.05, 4.69) is 5.32 Å². The molecule has 2 atom stereocenters. The molecule has 0 aliphatic heterocycles. The molecule has 1 aliphatic carbocycles. The fraction of sp³-hybridized carbons (Fsp3) is 0.333. The van der Waals surface area contributed by atoms with Gasteiger partial charge in [0.1, 0.15) is 0 Å². The van der Waals surface area contributed by atoms with Gasteiger partial charge in [0.05, 0.1) is 12.2 Å². The molecule has 4 heteroatoms. The minimum atomic E-state index is -0.308. The van der Waals surface area contributed by atoms with Gasteiger partial charge in [-0.1, -0.05) is 30.4 Å². The molecule has 19 heavy (non-hydrogen) atoms. The maximum atomic E-state index is 11.7. The Labute approximate surface area is 112 Å². The Hall–Kier alpha value is -2.10. The first-order valence-corrected chi connectivity index (χ1v) is 6.33. The Bertz CT molecular complexity index is 481. The van der Waals surface area contributed by atoms with Gasteiger partial charge in [0, 0.05) is 18.9 Å². The lowest BCUT2D eigenvalue weighted by molar-refractivity contribution is -0.119. The Balaban J connectivity index is 1.77. The summed E-state index contributed by atoms with van der Waals surface area (Å²) in [4.78, 5) is 22.7. The summed E-state index contributed by atoms with van der Waals surface area (Å²) in [6.07, 6.45) is 4.71. The predicted molar refractivity (Wildman–Crippen MR) is 71.6 cm³/mol. The van der Waals surface area contributed by atoms with E-state index in [1.807, 2.05) is 18.2 Å². The summed E-state index contributed by atoms with van der Waals surface area (Å²) in [6.45, 7) is 1.84. The van der Waals surface area contributed by atoms with E-state index in [9.17, 15) is 9.59 Å². The van der Waals surface area contributed by atoms with Gasteiger partial charge in [-0.3, -0.25) is 4.79 Å². The van der Waals surface area contributed by atoms with Crippen LogP contribution in [-0.2, 0) is 9.53 Å². The van der Waals surface area contributed by atoms with Crippen LogP contribution in [0.4, 0.5) is 0 Å². The number of nitrogens with one attached hydrogen (secondary N) is 1. The zero-order valence-corrected chi connectivity index (χ0v) is 10.8. The Morgan fingerprint density at radius 3 is 2.68 bits per heavy atom. The number of carbonyl (C=O) groups is 2. The van der Waals surface area contributed by atoms with E-state index in [0.717, 1.165) is 6.42 Å². The fourth-order valence-corrected chi connectivity index (χ4v) is 2.11. The first-order valence-electron chi connectivity index (χ1n) is 6.33. The molecule has 0 bridgehead atoms. The van der Waals surface area contributed by atoms with Crippen molar-refractivity contribution in [1.29, 1.82) is 0 Å². The Morgan fingerprint density at radius 1 is 1.26 bits per heavy atom. The zero-order valence-electron chi connectivity index (χ0n) is 10.8. The van der Waals surface area contributed by atoms with Gasteiger partial charge in [-0.2, -0.15) is 0 Å². The zero-order chi connectivity index (χ0) is 13.7. The largest absolute Gasteiger partial charge is 0.461 e. The van der Waals surface area contributed by atoms with Gasteiger partial charge in [0.25, 0.3) is 0 Å². The maximum absolute atomic E-state index is 11.7. The van der Waals surface area contributed by atoms with E-state index in [1.54, 1.807) is 24.3 Å². The molecule has 100 valence electrons. The lowest BCUT2D eigenvalue weighted by atomic mass is 10.1. The smallest absolute Gasteiger partial charge is 0.338 e. The molecule has 1 aromatic carbocycles. The first kappa shape index (κ1) is 13.3. The molecule has 4 nitrogen and oxygen atoms in total. The van der Waals surface area contributed by atoms with Gasteiger partial charge in [0.15, 0.2) is 0 Å². The number of carbonyl (C=O) groups excluding carboxylic acids is 2. The summed E-state index contributed by atoms with van der Waals surface area (Å²) in [6, 6.07) is 8.98. The highest BCUT2D eigenvalue weighted by atomic mass is 16.5. The van der Waals surface area contributed by atoms with Crippen molar-refractivity contribution in [2.45, 2.75) is 19.4 Å². The number of ether oxygens (including phenoxy) is 1. The lowest BCUT2D eigenvalue weighted by Gasteiger charge is -2.13. The summed E-state index contributed by atoms with van der Waals surface area (Å²) < 4.78 is 5.26. The fourth-order valence-electron chi connectivity index (χ4n) is 2.11. The van der Waals surface area contributed by atoms with Crippen LogP contribution in [0.3, 0.4) is 0 Å². The van der Waals surface area contributed by atoms with Gasteiger partial charge in [-0.25, -0.2) is 4.79 Å². The van der Waals surface area contributed by atoms with Crippen LogP contribution >= 0.6 is 0 Å². The van der Waals surface area contributed by atoms with E-state index >= 15 is 0 Å². The van der Waals surface area contributed by atoms with Crippen molar-refractivity contribution in [2.24, 2.45) is 5.92 Å². The summed E-state index contributed by atoms with van der Waals surface area (Å²) in [5.41, 5.74) is 0.558. The SMILES string of the molecule is CC(=O)N[C@H]1C=C[C@@H](COC(=O)c2ccccc2)C1. The maximum Gasteiger partial charge on any atom is 0.338 e. The second kappa shape index (κ2) is 6.18. The molecule has 0 saturated carbocycles. The van der Waals surface area contributed by atoms with E-state index in [0.29, 0.717) is 12.2 Å². The molecule has 0 aromatic heterocycles. The van der Waals surface area contributed by atoms with Crippen molar-refractivity contribution in [2.75, 3.05) is 6.61 Å². The van der Waals surface area contributed by atoms with Gasteiger partial charge in [-0.05, 0) is 18.6 Å². The first-order chi connectivity index (χ1) is 9.15. The topological polar surface area (TPSA) is 55.4 Å². The molecule has 0 unspecified atom stereocenters. The number of esters is 1. The van der Waals surface area contributed by atoms with Crippen LogP contribution in [0.25, 0.3) is 0 Å². The molecule has 1 N–H and O–H groups in total. The minimum Gasteiger partial charge on any atom is -0.461 e. The molecule has 0 fully saturated rings. The van der Waals surface area contributed by atoms with Gasteiger partial charge >= 0.3 is 5.97 Å². The number of rotatable bonds is 4. The normalized spacial score (nSPS) is 21.1. The monoisotopic (exact) mass is 259 g/mol. The van der Waals surface area contributed by atoms with Gasteiger partial charge < -0.3 is 10.1 Å². The minimum absolute atomic E-state index is 0.0448. The third-order valence-electron chi connectivity index (χ3n) is 3.00. The predicted octanol–water partition coefficient (Wildman–Crippen LogP) is 1.92. The van der Waals surface area contributed by atoms with Crippen molar-refractivity contribution in [3.05, 3.63) is 48.0 Å². The summed E-state index contributed by atoms with van der Waals surface area (Å²) in [5, 5.41) is 2.82. The molecule has 0 spiro atoms. The summed E-state index contributed by atoms with van der Waals surface area (Å²) >= 11 is 0. The number of amides is 1. The number of hydrogen-bond donors (Lipinski definition) is 1. The van der Waals surface area contributed by atoms with Crippen LogP contribution in [0.15, 0.2) is 42.5 Å². The third-order valence-corrected chi connectivity index (χ3v) is 3.00. The molecular formula is C15H17NO3. The van der Waals surface area contributed by atoms with Crippen LogP contribution in [-0.4, -0.2) is 24.5 Å². The van der Waals surface area contributed by atoms with Crippen molar-refractivity contribution in [3.63, 3.8) is 0 Å². The average molecular weight is 259 g/mol. The number of benzene rings is 1. The molecule has 0 heterocycles. The second-order valence-corrected chi connectivity index (χ2v) is 4.65. The molecule has 1 aromatic rings. The van der Waals surface area contributed by atoms with Gasteiger partial charge in [-0.15, -0.1) is 0 Å². The highest BCUT2D eigenvalue weighted by molar-refractivity contribution is 5.89. The Kier molecular flexibility index (Phi) is 4.34. The highest BCUT2D eigenvalue weighted by Crippen LogP contribution is 2.18.